The van der Waals surface area contributed by atoms with Crippen LogP contribution in [-0.2, 0) is 14.3 Å². The lowest BCUT2D eigenvalue weighted by molar-refractivity contribution is -0.192. The molecule has 1 amide bonds. The molecule has 2 saturated heterocycles. The Labute approximate surface area is 193 Å². The third-order valence-electron chi connectivity index (χ3n) is 6.57. The maximum Gasteiger partial charge on any atom is 0.490 e. The molecular formula is C22H27F5N2O5. The number of aromatic nitrogens is 1. The van der Waals surface area contributed by atoms with Crippen molar-refractivity contribution in [2.75, 3.05) is 26.3 Å². The zero-order valence-corrected chi connectivity index (χ0v) is 18.4. The van der Waals surface area contributed by atoms with Crippen LogP contribution in [0.25, 0.3) is 0 Å². The van der Waals surface area contributed by atoms with Crippen molar-refractivity contribution in [3.05, 3.63) is 24.5 Å². The minimum absolute atomic E-state index is 0.106. The first-order chi connectivity index (χ1) is 15.9. The smallest absolute Gasteiger partial charge is 0.490 e. The van der Waals surface area contributed by atoms with Crippen molar-refractivity contribution in [2.24, 2.45) is 11.8 Å². The SMILES string of the molecule is O=C(C1CC(F)(F)C1)N1CCC2(CC1)OCCC2CCOc1cccnc1.O=C(O)C(F)(F)F. The van der Waals surface area contributed by atoms with Gasteiger partial charge in [0.15, 0.2) is 0 Å². The number of carbonyl (C=O) groups is 2. The van der Waals surface area contributed by atoms with Gasteiger partial charge in [-0.15, -0.1) is 0 Å². The summed E-state index contributed by atoms with van der Waals surface area (Å²) >= 11 is 0. The third-order valence-corrected chi connectivity index (χ3v) is 6.57. The molecule has 1 aliphatic carbocycles. The Hall–Kier alpha value is -2.50. The fourth-order valence-electron chi connectivity index (χ4n) is 4.70. The lowest BCUT2D eigenvalue weighted by Crippen LogP contribution is -2.53. The number of nitrogens with zero attached hydrogens (tertiary/aromatic N) is 2. The van der Waals surface area contributed by atoms with Crippen LogP contribution in [0.15, 0.2) is 24.5 Å². The molecule has 1 aromatic rings. The zero-order chi connectivity index (χ0) is 25.0. The zero-order valence-electron chi connectivity index (χ0n) is 18.4. The second-order valence-electron chi connectivity index (χ2n) is 8.81. The van der Waals surface area contributed by atoms with Gasteiger partial charge in [0.2, 0.25) is 11.8 Å². The number of carboxylic acid groups (broad SMARTS) is 1. The predicted molar refractivity (Wildman–Crippen MR) is 108 cm³/mol. The van der Waals surface area contributed by atoms with Gasteiger partial charge in [-0.1, -0.05) is 0 Å². The number of carbonyl (C=O) groups excluding carboxylic acids is 1. The Balaban J connectivity index is 0.000000406. The average Bonchev–Trinajstić information content (AvgIpc) is 3.14. The molecule has 3 fully saturated rings. The number of likely N-dealkylation sites (tertiary alicyclic amines) is 1. The highest BCUT2D eigenvalue weighted by atomic mass is 19.4. The number of pyridine rings is 1. The topological polar surface area (TPSA) is 89.0 Å². The Kier molecular flexibility index (Phi) is 7.99. The number of hydrogen-bond acceptors (Lipinski definition) is 5. The van der Waals surface area contributed by atoms with Gasteiger partial charge in [0.05, 0.1) is 18.4 Å². The molecule has 2 aliphatic heterocycles. The van der Waals surface area contributed by atoms with E-state index in [2.05, 4.69) is 4.98 Å². The van der Waals surface area contributed by atoms with Crippen LogP contribution in [0.2, 0.25) is 0 Å². The largest absolute Gasteiger partial charge is 0.492 e. The number of ether oxygens (including phenoxy) is 2. The summed E-state index contributed by atoms with van der Waals surface area (Å²) in [5.41, 5.74) is -0.196. The molecule has 34 heavy (non-hydrogen) atoms. The second kappa shape index (κ2) is 10.4. The number of amides is 1. The summed E-state index contributed by atoms with van der Waals surface area (Å²) in [5.74, 6) is -4.84. The molecule has 1 atom stereocenters. The molecule has 3 heterocycles. The van der Waals surface area contributed by atoms with Crippen LogP contribution in [-0.4, -0.2) is 70.9 Å². The van der Waals surface area contributed by atoms with Crippen LogP contribution in [0.1, 0.15) is 38.5 Å². The summed E-state index contributed by atoms with van der Waals surface area (Å²) in [6.07, 6.45) is 1.20. The van der Waals surface area contributed by atoms with E-state index in [1.165, 1.54) is 0 Å². The Morgan fingerprint density at radius 2 is 1.88 bits per heavy atom. The van der Waals surface area contributed by atoms with Crippen molar-refractivity contribution in [1.82, 2.24) is 9.88 Å². The second-order valence-corrected chi connectivity index (χ2v) is 8.81. The van der Waals surface area contributed by atoms with Crippen LogP contribution >= 0.6 is 0 Å². The van der Waals surface area contributed by atoms with Crippen LogP contribution in [0.4, 0.5) is 22.0 Å². The van der Waals surface area contributed by atoms with E-state index < -0.39 is 24.0 Å². The molecular weight excluding hydrogens is 467 g/mol. The molecule has 1 aromatic heterocycles. The quantitative estimate of drug-likeness (QED) is 0.625. The Bertz CT molecular complexity index is 836. The van der Waals surface area contributed by atoms with Crippen molar-refractivity contribution in [2.45, 2.75) is 56.2 Å². The summed E-state index contributed by atoms with van der Waals surface area (Å²) in [7, 11) is 0. The fourth-order valence-corrected chi connectivity index (χ4v) is 4.70. The first-order valence-electron chi connectivity index (χ1n) is 11.1. The van der Waals surface area contributed by atoms with E-state index in [-0.39, 0.29) is 24.3 Å². The van der Waals surface area contributed by atoms with E-state index in [9.17, 15) is 26.7 Å². The summed E-state index contributed by atoms with van der Waals surface area (Å²) in [6, 6.07) is 3.74. The number of alkyl halides is 5. The number of halogens is 5. The molecule has 7 nitrogen and oxygen atoms in total. The highest BCUT2D eigenvalue weighted by Crippen LogP contribution is 2.45. The number of piperidine rings is 1. The number of hydrogen-bond donors (Lipinski definition) is 1. The summed E-state index contributed by atoms with van der Waals surface area (Å²) in [4.78, 5) is 27.1. The molecule has 1 N–H and O–H groups in total. The lowest BCUT2D eigenvalue weighted by atomic mass is 9.76. The van der Waals surface area contributed by atoms with Crippen LogP contribution in [0, 0.1) is 11.8 Å². The summed E-state index contributed by atoms with van der Waals surface area (Å²) < 4.78 is 69.7. The van der Waals surface area contributed by atoms with Crippen LogP contribution < -0.4 is 4.74 Å². The van der Waals surface area contributed by atoms with Crippen molar-refractivity contribution in [3.8, 4) is 5.75 Å². The van der Waals surface area contributed by atoms with Gasteiger partial charge < -0.3 is 19.5 Å². The van der Waals surface area contributed by atoms with Gasteiger partial charge >= 0.3 is 12.1 Å². The molecule has 1 spiro atoms. The number of rotatable bonds is 5. The Morgan fingerprint density at radius 3 is 2.41 bits per heavy atom. The number of carboxylic acids is 1. The third kappa shape index (κ3) is 6.55. The van der Waals surface area contributed by atoms with Crippen LogP contribution in [0.3, 0.4) is 0 Å². The minimum atomic E-state index is -5.08. The van der Waals surface area contributed by atoms with Gasteiger partial charge in [-0.3, -0.25) is 9.78 Å². The van der Waals surface area contributed by atoms with Crippen molar-refractivity contribution in [3.63, 3.8) is 0 Å². The molecule has 4 rings (SSSR count). The van der Waals surface area contributed by atoms with E-state index in [0.29, 0.717) is 25.6 Å². The molecule has 1 unspecified atom stereocenters. The van der Waals surface area contributed by atoms with Gasteiger partial charge in [0, 0.05) is 44.7 Å². The van der Waals surface area contributed by atoms with Gasteiger partial charge in [0.1, 0.15) is 5.75 Å². The van der Waals surface area contributed by atoms with E-state index in [1.54, 1.807) is 17.3 Å². The molecule has 3 aliphatic rings. The maximum absolute atomic E-state index is 13.0. The van der Waals surface area contributed by atoms with Gasteiger partial charge in [0.25, 0.3) is 0 Å². The van der Waals surface area contributed by atoms with Crippen molar-refractivity contribution < 1.29 is 46.1 Å². The highest BCUT2D eigenvalue weighted by Gasteiger charge is 2.52. The monoisotopic (exact) mass is 494 g/mol. The maximum atomic E-state index is 13.0. The highest BCUT2D eigenvalue weighted by molar-refractivity contribution is 5.80. The van der Waals surface area contributed by atoms with Crippen LogP contribution in [0.5, 0.6) is 5.75 Å². The first-order valence-corrected chi connectivity index (χ1v) is 11.1. The summed E-state index contributed by atoms with van der Waals surface area (Å²) in [5, 5.41) is 7.12. The summed E-state index contributed by atoms with van der Waals surface area (Å²) in [6.45, 7) is 2.54. The fraction of sp³-hybridized carbons (Fsp3) is 0.682. The van der Waals surface area contributed by atoms with Gasteiger partial charge in [-0.2, -0.15) is 13.2 Å². The predicted octanol–water partition coefficient (Wildman–Crippen LogP) is 3.93. The molecule has 1 saturated carbocycles. The number of aliphatic carboxylic acids is 1. The first kappa shape index (κ1) is 26.1. The molecule has 0 aromatic carbocycles. The van der Waals surface area contributed by atoms with E-state index in [4.69, 9.17) is 19.4 Å². The van der Waals surface area contributed by atoms with E-state index >= 15 is 0 Å². The van der Waals surface area contributed by atoms with Crippen molar-refractivity contribution >= 4 is 11.9 Å². The Morgan fingerprint density at radius 1 is 1.24 bits per heavy atom. The van der Waals surface area contributed by atoms with Gasteiger partial charge in [-0.05, 0) is 43.7 Å². The molecule has 190 valence electrons. The normalized spacial score (nSPS) is 23.6. The van der Waals surface area contributed by atoms with Gasteiger partial charge in [-0.25, -0.2) is 13.6 Å². The molecule has 0 radical (unpaired) electrons. The minimum Gasteiger partial charge on any atom is -0.492 e. The van der Waals surface area contributed by atoms with Crippen molar-refractivity contribution in [1.29, 1.82) is 0 Å². The van der Waals surface area contributed by atoms with E-state index in [0.717, 1.165) is 38.0 Å². The average molecular weight is 494 g/mol. The molecule has 12 heteroatoms. The lowest BCUT2D eigenvalue weighted by Gasteiger charge is -2.44. The standard InChI is InChI=1S/C20H26F2N2O3.C2HF3O2/c21-20(22)12-15(13-20)18(25)24-8-5-19(6-9-24)16(4-11-27-19)3-10-26-17-2-1-7-23-14-17;3-2(4,5)1(6)7/h1-2,7,14-16H,3-6,8-13H2;(H,6,7). The van der Waals surface area contributed by atoms with E-state index in [1.807, 2.05) is 12.1 Å². The molecule has 0 bridgehead atoms.